The van der Waals surface area contributed by atoms with E-state index in [9.17, 15) is 0 Å². The van der Waals surface area contributed by atoms with Gasteiger partial charge in [0, 0.05) is 32.7 Å². The lowest BCUT2D eigenvalue weighted by Crippen LogP contribution is -2.33. The molecule has 1 atom stereocenters. The Morgan fingerprint density at radius 2 is 1.15 bits per heavy atom. The summed E-state index contributed by atoms with van der Waals surface area (Å²) in [7, 11) is 0. The third kappa shape index (κ3) is 4.25. The Labute approximate surface area is 275 Å². The number of aliphatic imine (C=N–C) groups is 2. The van der Waals surface area contributed by atoms with E-state index >= 15 is 0 Å². The molecule has 0 amide bonds. The van der Waals surface area contributed by atoms with Crippen LogP contribution in [0.3, 0.4) is 0 Å². The van der Waals surface area contributed by atoms with Crippen molar-refractivity contribution in [3.63, 3.8) is 0 Å². The first-order valence-electron chi connectivity index (χ1n) is 16.1. The Morgan fingerprint density at radius 3 is 2.02 bits per heavy atom. The monoisotopic (exact) mass is 617 g/mol. The smallest absolute Gasteiger partial charge is 0.159 e. The van der Waals surface area contributed by atoms with Crippen molar-refractivity contribution in [1.29, 1.82) is 0 Å². The standard InChI is InChI=1S/C43H27N3O2/c1-2-11-27(12-3-1)41-44-42(30-22-23-36-34(25-30)32-14-6-7-17-35(32)47-36)46-43(45-41)33-16-9-19-38-40(33)39-31(15-8-18-37(39)48-38)29-21-20-26-10-4-5-13-28(26)24-29/h1-25,41H,(H,44,45,46). The number of rotatable bonds is 4. The predicted molar refractivity (Wildman–Crippen MR) is 196 cm³/mol. The lowest BCUT2D eigenvalue weighted by atomic mass is 9.95. The maximum atomic E-state index is 6.51. The minimum Gasteiger partial charge on any atom is -0.456 e. The van der Waals surface area contributed by atoms with Crippen LogP contribution in [0.15, 0.2) is 170 Å². The van der Waals surface area contributed by atoms with Gasteiger partial charge in [0.2, 0.25) is 0 Å². The van der Waals surface area contributed by atoms with E-state index in [1.807, 2.05) is 66.7 Å². The number of furan rings is 2. The summed E-state index contributed by atoms with van der Waals surface area (Å²) in [4.78, 5) is 10.4. The Morgan fingerprint density at radius 1 is 0.479 bits per heavy atom. The summed E-state index contributed by atoms with van der Waals surface area (Å²) >= 11 is 0. The molecule has 3 heterocycles. The van der Waals surface area contributed by atoms with Gasteiger partial charge in [-0.2, -0.15) is 0 Å². The molecule has 1 unspecified atom stereocenters. The van der Waals surface area contributed by atoms with E-state index in [4.69, 9.17) is 18.8 Å². The van der Waals surface area contributed by atoms with Gasteiger partial charge in [0.1, 0.15) is 34.3 Å². The van der Waals surface area contributed by atoms with Crippen LogP contribution in [-0.4, -0.2) is 11.7 Å². The molecule has 0 bridgehead atoms. The first-order chi connectivity index (χ1) is 23.8. The van der Waals surface area contributed by atoms with Crippen LogP contribution in [-0.2, 0) is 0 Å². The van der Waals surface area contributed by atoms with Gasteiger partial charge in [0.25, 0.3) is 0 Å². The first kappa shape index (κ1) is 26.7. The van der Waals surface area contributed by atoms with E-state index in [0.29, 0.717) is 5.84 Å². The fourth-order valence-corrected chi connectivity index (χ4v) is 7.05. The molecular weight excluding hydrogens is 590 g/mol. The van der Waals surface area contributed by atoms with E-state index < -0.39 is 0 Å². The van der Waals surface area contributed by atoms with Crippen molar-refractivity contribution in [3.05, 3.63) is 168 Å². The van der Waals surface area contributed by atoms with E-state index in [-0.39, 0.29) is 6.17 Å². The fraction of sp³-hybridized carbons (Fsp3) is 0.0233. The van der Waals surface area contributed by atoms with Crippen LogP contribution in [0.4, 0.5) is 0 Å². The lowest BCUT2D eigenvalue weighted by molar-refractivity contribution is 0.667. The van der Waals surface area contributed by atoms with Crippen molar-refractivity contribution in [2.24, 2.45) is 9.98 Å². The Kier molecular flexibility index (Phi) is 5.87. The van der Waals surface area contributed by atoms with Gasteiger partial charge in [-0.25, -0.2) is 9.98 Å². The molecule has 0 radical (unpaired) electrons. The second kappa shape index (κ2) is 10.5. The highest BCUT2D eigenvalue weighted by molar-refractivity contribution is 6.24. The van der Waals surface area contributed by atoms with Crippen molar-refractivity contribution >= 4 is 66.3 Å². The summed E-state index contributed by atoms with van der Waals surface area (Å²) < 4.78 is 12.6. The summed E-state index contributed by atoms with van der Waals surface area (Å²) in [6.07, 6.45) is -0.334. The van der Waals surface area contributed by atoms with E-state index in [0.717, 1.165) is 77.5 Å². The zero-order valence-corrected chi connectivity index (χ0v) is 25.7. The molecular formula is C43H27N3O2. The third-order valence-corrected chi connectivity index (χ3v) is 9.33. The van der Waals surface area contributed by atoms with Gasteiger partial charge in [-0.15, -0.1) is 0 Å². The molecule has 0 aliphatic carbocycles. The van der Waals surface area contributed by atoms with Crippen LogP contribution in [0.25, 0.3) is 65.8 Å². The van der Waals surface area contributed by atoms with Crippen molar-refractivity contribution in [2.75, 3.05) is 0 Å². The van der Waals surface area contributed by atoms with Gasteiger partial charge >= 0.3 is 0 Å². The van der Waals surface area contributed by atoms with Crippen LogP contribution in [0, 0.1) is 0 Å². The summed E-state index contributed by atoms with van der Waals surface area (Å²) in [6.45, 7) is 0. The Hall–Kier alpha value is -6.46. The molecule has 7 aromatic carbocycles. The number of amidine groups is 2. The van der Waals surface area contributed by atoms with E-state index in [2.05, 4.69) is 90.2 Å². The topological polar surface area (TPSA) is 63.0 Å². The third-order valence-electron chi connectivity index (χ3n) is 9.33. The molecule has 10 rings (SSSR count). The van der Waals surface area contributed by atoms with Gasteiger partial charge in [-0.3, -0.25) is 0 Å². The van der Waals surface area contributed by atoms with Crippen molar-refractivity contribution in [2.45, 2.75) is 6.17 Å². The zero-order chi connectivity index (χ0) is 31.6. The average Bonchev–Trinajstić information content (AvgIpc) is 3.73. The molecule has 48 heavy (non-hydrogen) atoms. The number of fused-ring (bicyclic) bond motifs is 7. The first-order valence-corrected chi connectivity index (χ1v) is 16.1. The van der Waals surface area contributed by atoms with E-state index in [1.54, 1.807) is 0 Å². The van der Waals surface area contributed by atoms with Crippen LogP contribution in [0.1, 0.15) is 22.9 Å². The highest BCUT2D eigenvalue weighted by Gasteiger charge is 2.25. The molecule has 1 aliphatic rings. The quantitative estimate of drug-likeness (QED) is 0.214. The Balaban J connectivity index is 1.19. The number of para-hydroxylation sites is 1. The minimum absolute atomic E-state index is 0.334. The highest BCUT2D eigenvalue weighted by atomic mass is 16.3. The average molecular weight is 618 g/mol. The summed E-state index contributed by atoms with van der Waals surface area (Å²) in [5.74, 6) is 1.40. The molecule has 0 spiro atoms. The molecule has 1 aliphatic heterocycles. The SMILES string of the molecule is c1ccc(C2N=C(c3ccc4oc5ccccc5c4c3)N=C(c3cccc4oc5cccc(-c6ccc7ccccc7c6)c5c34)N2)cc1. The normalized spacial score (nSPS) is 14.9. The highest BCUT2D eigenvalue weighted by Crippen LogP contribution is 2.40. The van der Waals surface area contributed by atoms with Crippen molar-refractivity contribution in [1.82, 2.24) is 5.32 Å². The maximum absolute atomic E-state index is 6.51. The van der Waals surface area contributed by atoms with Gasteiger partial charge in [0.05, 0.1) is 0 Å². The molecule has 0 saturated heterocycles. The minimum atomic E-state index is -0.334. The second-order valence-electron chi connectivity index (χ2n) is 12.2. The van der Waals surface area contributed by atoms with Crippen LogP contribution < -0.4 is 5.32 Å². The van der Waals surface area contributed by atoms with Crippen LogP contribution in [0.2, 0.25) is 0 Å². The predicted octanol–water partition coefficient (Wildman–Crippen LogP) is 10.8. The van der Waals surface area contributed by atoms with E-state index in [1.165, 1.54) is 10.8 Å². The van der Waals surface area contributed by atoms with Gasteiger partial charge in [-0.05, 0) is 69.9 Å². The largest absolute Gasteiger partial charge is 0.456 e. The number of hydrogen-bond acceptors (Lipinski definition) is 5. The van der Waals surface area contributed by atoms with Crippen molar-refractivity contribution in [3.8, 4) is 11.1 Å². The number of benzene rings is 7. The lowest BCUT2D eigenvalue weighted by Gasteiger charge is -2.24. The number of hydrogen-bond donors (Lipinski definition) is 1. The maximum Gasteiger partial charge on any atom is 0.159 e. The molecule has 226 valence electrons. The van der Waals surface area contributed by atoms with Crippen molar-refractivity contribution < 1.29 is 8.83 Å². The van der Waals surface area contributed by atoms with Gasteiger partial charge in [0.15, 0.2) is 5.84 Å². The zero-order valence-electron chi connectivity index (χ0n) is 25.7. The number of nitrogens with one attached hydrogen (secondary N) is 1. The molecule has 2 aromatic heterocycles. The molecule has 5 heteroatoms. The van der Waals surface area contributed by atoms with Crippen LogP contribution >= 0.6 is 0 Å². The molecule has 1 N–H and O–H groups in total. The second-order valence-corrected chi connectivity index (χ2v) is 12.2. The Bertz CT molecular complexity index is 2770. The summed E-state index contributed by atoms with van der Waals surface area (Å²) in [5, 5.41) is 10.3. The molecule has 0 fully saturated rings. The van der Waals surface area contributed by atoms with Gasteiger partial charge < -0.3 is 14.2 Å². The molecule has 0 saturated carbocycles. The number of nitrogens with zero attached hydrogens (tertiary/aromatic N) is 2. The molecule has 5 nitrogen and oxygen atoms in total. The van der Waals surface area contributed by atoms with Crippen LogP contribution in [0.5, 0.6) is 0 Å². The fourth-order valence-electron chi connectivity index (χ4n) is 7.05. The summed E-state index contributed by atoms with van der Waals surface area (Å²) in [5.41, 5.74) is 8.55. The van der Waals surface area contributed by atoms with Gasteiger partial charge in [-0.1, -0.05) is 109 Å². The molecule has 9 aromatic rings. The summed E-state index contributed by atoms with van der Waals surface area (Å²) in [6, 6.07) is 52.2.